The summed E-state index contributed by atoms with van der Waals surface area (Å²) in [5, 5.41) is 0. The summed E-state index contributed by atoms with van der Waals surface area (Å²) in [4.78, 5) is 2.35. The summed E-state index contributed by atoms with van der Waals surface area (Å²) in [6.45, 7) is 3.92. The van der Waals surface area contributed by atoms with E-state index < -0.39 is 5.79 Å². The number of hydrogen-bond acceptors (Lipinski definition) is 3. The Hall–Kier alpha value is -0.900. The topological polar surface area (TPSA) is 21.7 Å². The normalized spacial score (nSPS) is 24.1. The number of rotatable bonds is 4. The molecule has 0 spiro atoms. The van der Waals surface area contributed by atoms with Crippen LogP contribution in [0.2, 0.25) is 0 Å². The Morgan fingerprint density at radius 3 is 2.38 bits per heavy atom. The number of nitrogens with zero attached hydrogens (tertiary/aromatic N) is 1. The van der Waals surface area contributed by atoms with Crippen LogP contribution in [0.4, 0.5) is 0 Å². The van der Waals surface area contributed by atoms with Gasteiger partial charge in [-0.05, 0) is 12.5 Å². The van der Waals surface area contributed by atoms with Gasteiger partial charge in [0.1, 0.15) is 0 Å². The third-order valence-electron chi connectivity index (χ3n) is 3.53. The van der Waals surface area contributed by atoms with Gasteiger partial charge in [0.2, 0.25) is 0 Å². The van der Waals surface area contributed by atoms with E-state index in [0.29, 0.717) is 6.04 Å². The van der Waals surface area contributed by atoms with Crippen LogP contribution in [0.15, 0.2) is 30.3 Å². The molecule has 2 rings (SSSR count). The van der Waals surface area contributed by atoms with Crippen molar-refractivity contribution in [2.75, 3.05) is 20.8 Å². The second-order valence-corrected chi connectivity index (χ2v) is 4.29. The Morgan fingerprint density at radius 2 is 1.88 bits per heavy atom. The van der Waals surface area contributed by atoms with Gasteiger partial charge in [-0.3, -0.25) is 4.90 Å². The van der Waals surface area contributed by atoms with Crippen LogP contribution in [0.25, 0.3) is 0 Å². The van der Waals surface area contributed by atoms with Crippen molar-refractivity contribution in [1.82, 2.24) is 4.90 Å². The monoisotopic (exact) mass is 221 g/mol. The van der Waals surface area contributed by atoms with E-state index in [1.807, 2.05) is 6.07 Å². The first kappa shape index (κ1) is 11.6. The molecule has 3 heteroatoms. The Morgan fingerprint density at radius 1 is 1.25 bits per heavy atom. The summed E-state index contributed by atoms with van der Waals surface area (Å²) in [5.41, 5.74) is 1.33. The zero-order valence-electron chi connectivity index (χ0n) is 10.1. The van der Waals surface area contributed by atoms with Crippen LogP contribution in [-0.4, -0.2) is 37.5 Å². The second-order valence-electron chi connectivity index (χ2n) is 4.29. The van der Waals surface area contributed by atoms with Gasteiger partial charge in [-0.2, -0.15) is 0 Å². The summed E-state index contributed by atoms with van der Waals surface area (Å²) < 4.78 is 10.9. The Bertz CT molecular complexity index is 335. The fraction of sp³-hybridized carbons (Fsp3) is 0.538. The average Bonchev–Trinajstić information content (AvgIpc) is 2.35. The van der Waals surface area contributed by atoms with Crippen LogP contribution >= 0.6 is 0 Å². The lowest BCUT2D eigenvalue weighted by Crippen LogP contribution is -2.69. The molecule has 0 aliphatic carbocycles. The van der Waals surface area contributed by atoms with Crippen molar-refractivity contribution in [1.29, 1.82) is 0 Å². The van der Waals surface area contributed by atoms with Crippen LogP contribution in [0.1, 0.15) is 12.5 Å². The molecule has 1 heterocycles. The van der Waals surface area contributed by atoms with E-state index in [-0.39, 0.29) is 0 Å². The van der Waals surface area contributed by atoms with E-state index in [4.69, 9.17) is 9.47 Å². The van der Waals surface area contributed by atoms with E-state index in [9.17, 15) is 0 Å². The number of ether oxygens (including phenoxy) is 2. The van der Waals surface area contributed by atoms with Crippen molar-refractivity contribution in [3.05, 3.63) is 35.9 Å². The molecule has 1 saturated heterocycles. The summed E-state index contributed by atoms with van der Waals surface area (Å²) >= 11 is 0. The molecule has 1 fully saturated rings. The zero-order valence-corrected chi connectivity index (χ0v) is 10.1. The van der Waals surface area contributed by atoms with E-state index in [0.717, 1.165) is 13.1 Å². The number of hydrogen-bond donors (Lipinski definition) is 0. The second kappa shape index (κ2) is 4.53. The molecule has 1 aliphatic heterocycles. The first-order valence-electron chi connectivity index (χ1n) is 5.60. The van der Waals surface area contributed by atoms with Gasteiger partial charge in [-0.25, -0.2) is 0 Å². The molecule has 1 aromatic rings. The Labute approximate surface area is 97.0 Å². The quantitative estimate of drug-likeness (QED) is 0.725. The van der Waals surface area contributed by atoms with Crippen molar-refractivity contribution < 1.29 is 9.47 Å². The van der Waals surface area contributed by atoms with Gasteiger partial charge in [0.25, 0.3) is 0 Å². The van der Waals surface area contributed by atoms with E-state index in [2.05, 4.69) is 36.1 Å². The maximum absolute atomic E-state index is 5.44. The minimum absolute atomic E-state index is 0.294. The highest BCUT2D eigenvalue weighted by molar-refractivity contribution is 5.16. The van der Waals surface area contributed by atoms with E-state index in [1.54, 1.807) is 14.2 Å². The molecule has 1 atom stereocenters. The summed E-state index contributed by atoms with van der Waals surface area (Å²) in [5.74, 6) is -0.408. The lowest BCUT2D eigenvalue weighted by atomic mass is 9.95. The van der Waals surface area contributed by atoms with E-state index in [1.165, 1.54) is 5.56 Å². The van der Waals surface area contributed by atoms with Gasteiger partial charge < -0.3 is 9.47 Å². The fourth-order valence-electron chi connectivity index (χ4n) is 2.28. The van der Waals surface area contributed by atoms with Crippen molar-refractivity contribution >= 4 is 0 Å². The third kappa shape index (κ3) is 1.86. The van der Waals surface area contributed by atoms with Crippen molar-refractivity contribution in [2.45, 2.75) is 25.3 Å². The van der Waals surface area contributed by atoms with Crippen LogP contribution in [-0.2, 0) is 16.0 Å². The highest BCUT2D eigenvalue weighted by atomic mass is 16.7. The molecule has 0 aromatic heterocycles. The molecule has 0 bridgehead atoms. The zero-order chi connectivity index (χ0) is 11.6. The van der Waals surface area contributed by atoms with Gasteiger partial charge in [-0.15, -0.1) is 0 Å². The molecule has 1 unspecified atom stereocenters. The molecular weight excluding hydrogens is 202 g/mol. The third-order valence-corrected chi connectivity index (χ3v) is 3.53. The predicted molar refractivity (Wildman–Crippen MR) is 63.1 cm³/mol. The number of benzene rings is 1. The van der Waals surface area contributed by atoms with Gasteiger partial charge in [0, 0.05) is 20.8 Å². The van der Waals surface area contributed by atoms with E-state index >= 15 is 0 Å². The van der Waals surface area contributed by atoms with Crippen LogP contribution in [0.3, 0.4) is 0 Å². The molecule has 1 aliphatic rings. The summed E-state index contributed by atoms with van der Waals surface area (Å²) in [6, 6.07) is 10.8. The van der Waals surface area contributed by atoms with Crippen molar-refractivity contribution in [2.24, 2.45) is 0 Å². The fourth-order valence-corrected chi connectivity index (χ4v) is 2.28. The first-order chi connectivity index (χ1) is 7.72. The maximum atomic E-state index is 5.44. The SMILES string of the molecule is COC1(OC)CN(Cc2ccccc2)C1C. The minimum atomic E-state index is -0.408. The number of methoxy groups -OCH3 is 2. The molecule has 0 N–H and O–H groups in total. The smallest absolute Gasteiger partial charge is 0.196 e. The molecule has 0 amide bonds. The van der Waals surface area contributed by atoms with Gasteiger partial charge >= 0.3 is 0 Å². The predicted octanol–water partition coefficient (Wildman–Crippen LogP) is 1.88. The molecule has 0 saturated carbocycles. The average molecular weight is 221 g/mol. The Balaban J connectivity index is 1.96. The van der Waals surface area contributed by atoms with Gasteiger partial charge in [-0.1, -0.05) is 30.3 Å². The molecule has 88 valence electrons. The summed E-state index contributed by atoms with van der Waals surface area (Å²) in [6.07, 6.45) is 0. The lowest BCUT2D eigenvalue weighted by Gasteiger charge is -2.53. The van der Waals surface area contributed by atoms with Crippen LogP contribution < -0.4 is 0 Å². The minimum Gasteiger partial charge on any atom is -0.351 e. The van der Waals surface area contributed by atoms with Crippen molar-refractivity contribution in [3.63, 3.8) is 0 Å². The maximum Gasteiger partial charge on any atom is 0.196 e. The largest absolute Gasteiger partial charge is 0.351 e. The summed E-state index contributed by atoms with van der Waals surface area (Å²) in [7, 11) is 3.42. The highest BCUT2D eigenvalue weighted by Gasteiger charge is 2.50. The standard InChI is InChI=1S/C13H19NO2/c1-11-13(15-2,16-3)10-14(11)9-12-7-5-4-6-8-12/h4-8,11H,9-10H2,1-3H3. The van der Waals surface area contributed by atoms with Gasteiger partial charge in [0.15, 0.2) is 5.79 Å². The first-order valence-corrected chi connectivity index (χ1v) is 5.60. The van der Waals surface area contributed by atoms with Gasteiger partial charge in [0.05, 0.1) is 12.6 Å². The molecule has 3 nitrogen and oxygen atoms in total. The van der Waals surface area contributed by atoms with Crippen LogP contribution in [0.5, 0.6) is 0 Å². The van der Waals surface area contributed by atoms with Crippen molar-refractivity contribution in [3.8, 4) is 0 Å². The molecular formula is C13H19NO2. The highest BCUT2D eigenvalue weighted by Crippen LogP contribution is 2.33. The number of likely N-dealkylation sites (tertiary alicyclic amines) is 1. The molecule has 0 radical (unpaired) electrons. The lowest BCUT2D eigenvalue weighted by molar-refractivity contribution is -0.307. The Kier molecular flexibility index (Phi) is 3.28. The molecule has 16 heavy (non-hydrogen) atoms. The molecule has 1 aromatic carbocycles. The van der Waals surface area contributed by atoms with Crippen LogP contribution in [0, 0.1) is 0 Å².